The highest BCUT2D eigenvalue weighted by Gasteiger charge is 2.32. The maximum atomic E-state index is 12.6. The van der Waals surface area contributed by atoms with Crippen molar-refractivity contribution in [1.82, 2.24) is 4.57 Å². The first-order chi connectivity index (χ1) is 13.2. The van der Waals surface area contributed by atoms with Crippen LogP contribution in [0.1, 0.15) is 45.3 Å². The molecule has 2 heterocycles. The molecule has 1 aliphatic carbocycles. The maximum Gasteiger partial charge on any atom is 0.254 e. The van der Waals surface area contributed by atoms with Crippen LogP contribution in [-0.2, 0) is 19.4 Å². The van der Waals surface area contributed by atoms with Crippen molar-refractivity contribution in [2.24, 2.45) is 0 Å². The van der Waals surface area contributed by atoms with E-state index in [9.17, 15) is 4.79 Å². The van der Waals surface area contributed by atoms with Gasteiger partial charge in [0.2, 0.25) is 5.78 Å². The van der Waals surface area contributed by atoms with E-state index in [0.717, 1.165) is 43.0 Å². The molecule has 4 nitrogen and oxygen atoms in total. The first-order valence-corrected chi connectivity index (χ1v) is 9.64. The third kappa shape index (κ3) is 3.18. The summed E-state index contributed by atoms with van der Waals surface area (Å²) in [5, 5.41) is 0. The Hall–Kier alpha value is -2.40. The van der Waals surface area contributed by atoms with Crippen LogP contribution in [0.4, 0.5) is 0 Å². The molecule has 0 spiro atoms. The SMILES string of the molecule is Cc1n(C2CCc3cc4c(cc32)OCC4)cc[n+]1CC(=O)c1ccccc1.[Br-]. The van der Waals surface area contributed by atoms with E-state index in [0.29, 0.717) is 12.6 Å². The Morgan fingerprint density at radius 2 is 2.00 bits per heavy atom. The number of ether oxygens (including phenoxy) is 1. The van der Waals surface area contributed by atoms with E-state index in [-0.39, 0.29) is 22.8 Å². The van der Waals surface area contributed by atoms with Gasteiger partial charge in [0, 0.05) is 24.5 Å². The maximum absolute atomic E-state index is 12.6. The Kier molecular flexibility index (Phi) is 5.11. The highest BCUT2D eigenvalue weighted by Crippen LogP contribution is 2.40. The summed E-state index contributed by atoms with van der Waals surface area (Å²) in [6.07, 6.45) is 7.37. The molecule has 0 saturated heterocycles. The van der Waals surface area contributed by atoms with Crippen molar-refractivity contribution >= 4 is 5.78 Å². The number of carbonyl (C=O) groups is 1. The fraction of sp³-hybridized carbons (Fsp3) is 0.304. The quantitative estimate of drug-likeness (QED) is 0.437. The summed E-state index contributed by atoms with van der Waals surface area (Å²) in [6, 6.07) is 14.4. The Morgan fingerprint density at radius 1 is 1.18 bits per heavy atom. The molecule has 0 saturated carbocycles. The summed E-state index contributed by atoms with van der Waals surface area (Å²) in [5.41, 5.74) is 4.93. The van der Waals surface area contributed by atoms with E-state index < -0.39 is 0 Å². The van der Waals surface area contributed by atoms with Gasteiger partial charge in [0.15, 0.2) is 6.54 Å². The highest BCUT2D eigenvalue weighted by atomic mass is 79.9. The summed E-state index contributed by atoms with van der Waals surface area (Å²) >= 11 is 0. The molecule has 2 aromatic carbocycles. The van der Waals surface area contributed by atoms with Crippen molar-refractivity contribution in [3.05, 3.63) is 82.9 Å². The molecule has 1 aromatic heterocycles. The Bertz CT molecular complexity index is 1030. The van der Waals surface area contributed by atoms with E-state index >= 15 is 0 Å². The number of rotatable bonds is 4. The average molecular weight is 439 g/mol. The van der Waals surface area contributed by atoms with Crippen LogP contribution >= 0.6 is 0 Å². The van der Waals surface area contributed by atoms with E-state index in [1.54, 1.807) is 0 Å². The van der Waals surface area contributed by atoms with E-state index in [1.165, 1.54) is 16.7 Å². The molecule has 0 radical (unpaired) electrons. The summed E-state index contributed by atoms with van der Waals surface area (Å²) in [4.78, 5) is 12.6. The minimum absolute atomic E-state index is 0. The lowest BCUT2D eigenvalue weighted by Crippen LogP contribution is -3.00. The molecule has 0 bridgehead atoms. The molecule has 144 valence electrons. The number of aromatic nitrogens is 2. The largest absolute Gasteiger partial charge is 1.00 e. The zero-order chi connectivity index (χ0) is 18.4. The normalized spacial score (nSPS) is 16.8. The highest BCUT2D eigenvalue weighted by molar-refractivity contribution is 5.94. The van der Waals surface area contributed by atoms with Crippen molar-refractivity contribution in [3.8, 4) is 5.75 Å². The molecule has 1 unspecified atom stereocenters. The second kappa shape index (κ2) is 7.55. The van der Waals surface area contributed by atoms with Crippen molar-refractivity contribution in [2.75, 3.05) is 6.61 Å². The molecule has 1 aliphatic heterocycles. The first kappa shape index (κ1) is 18.9. The average Bonchev–Trinajstić information content (AvgIpc) is 3.40. The molecule has 0 N–H and O–H groups in total. The summed E-state index contributed by atoms with van der Waals surface area (Å²) in [7, 11) is 0. The van der Waals surface area contributed by atoms with Crippen LogP contribution in [0.3, 0.4) is 0 Å². The van der Waals surface area contributed by atoms with E-state index in [2.05, 4.69) is 34.4 Å². The van der Waals surface area contributed by atoms with Crippen LogP contribution in [0.25, 0.3) is 0 Å². The summed E-state index contributed by atoms with van der Waals surface area (Å²) < 4.78 is 10.1. The van der Waals surface area contributed by atoms with Crippen LogP contribution in [0, 0.1) is 6.92 Å². The molecular weight excluding hydrogens is 416 g/mol. The minimum atomic E-state index is 0. The van der Waals surface area contributed by atoms with Crippen LogP contribution in [0.5, 0.6) is 5.75 Å². The van der Waals surface area contributed by atoms with Crippen LogP contribution in [-0.4, -0.2) is 17.0 Å². The van der Waals surface area contributed by atoms with Gasteiger partial charge in [0.05, 0.1) is 6.61 Å². The Balaban J connectivity index is 0.00000192. The van der Waals surface area contributed by atoms with Gasteiger partial charge in [-0.05, 0) is 30.0 Å². The van der Waals surface area contributed by atoms with Gasteiger partial charge in [-0.1, -0.05) is 36.4 Å². The summed E-state index contributed by atoms with van der Waals surface area (Å²) in [6.45, 7) is 3.27. The fourth-order valence-corrected chi connectivity index (χ4v) is 4.44. The molecular formula is C23H23BrN2O2. The standard InChI is InChI=1S/C23H23N2O2.BrH/c1-16-24(15-22(26)17-5-3-2-4-6-17)10-11-25(16)21-8-7-18-13-19-9-12-27-23(19)14-20(18)21;/h2-6,10-11,13-14,21H,7-9,12,15H2,1H3;1H/q+1;/p-1. The molecule has 5 heteroatoms. The third-order valence-corrected chi connectivity index (χ3v) is 5.94. The molecule has 0 fully saturated rings. The van der Waals surface area contributed by atoms with Gasteiger partial charge >= 0.3 is 0 Å². The molecule has 3 aromatic rings. The van der Waals surface area contributed by atoms with Crippen LogP contribution in [0.2, 0.25) is 0 Å². The van der Waals surface area contributed by atoms with Crippen LogP contribution < -0.4 is 26.3 Å². The lowest BCUT2D eigenvalue weighted by Gasteiger charge is -2.11. The Labute approximate surface area is 175 Å². The van der Waals surface area contributed by atoms with Gasteiger partial charge in [-0.3, -0.25) is 4.79 Å². The van der Waals surface area contributed by atoms with E-state index in [1.807, 2.05) is 36.5 Å². The number of nitrogens with zero attached hydrogens (tertiary/aromatic N) is 2. The van der Waals surface area contributed by atoms with Crippen molar-refractivity contribution in [2.45, 2.75) is 38.8 Å². The predicted octanol–water partition coefficient (Wildman–Crippen LogP) is 0.441. The zero-order valence-electron chi connectivity index (χ0n) is 15.9. The van der Waals surface area contributed by atoms with Gasteiger partial charge in [-0.15, -0.1) is 0 Å². The third-order valence-electron chi connectivity index (χ3n) is 5.94. The molecule has 2 aliphatic rings. The monoisotopic (exact) mass is 438 g/mol. The first-order valence-electron chi connectivity index (χ1n) is 9.64. The topological polar surface area (TPSA) is 35.1 Å². The zero-order valence-corrected chi connectivity index (χ0v) is 17.5. The van der Waals surface area contributed by atoms with Gasteiger partial charge in [0.1, 0.15) is 24.2 Å². The number of carbonyl (C=O) groups excluding carboxylic acids is 1. The smallest absolute Gasteiger partial charge is 0.254 e. The van der Waals surface area contributed by atoms with E-state index in [4.69, 9.17) is 4.74 Å². The number of fused-ring (bicyclic) bond motifs is 2. The van der Waals surface area contributed by atoms with Gasteiger partial charge in [0.25, 0.3) is 5.82 Å². The predicted molar refractivity (Wildman–Crippen MR) is 102 cm³/mol. The van der Waals surface area contributed by atoms with Crippen LogP contribution in [0.15, 0.2) is 54.9 Å². The number of Topliss-reactive ketones (excluding diaryl/α,β-unsaturated/α-hetero) is 1. The number of ketones is 1. The molecule has 28 heavy (non-hydrogen) atoms. The van der Waals surface area contributed by atoms with Crippen molar-refractivity contribution < 1.29 is 31.1 Å². The van der Waals surface area contributed by atoms with Gasteiger partial charge in [-0.2, -0.15) is 0 Å². The second-order valence-electron chi connectivity index (χ2n) is 7.48. The number of hydrogen-bond donors (Lipinski definition) is 0. The van der Waals surface area contributed by atoms with Crippen molar-refractivity contribution in [1.29, 1.82) is 0 Å². The molecule has 0 amide bonds. The van der Waals surface area contributed by atoms with Crippen molar-refractivity contribution in [3.63, 3.8) is 0 Å². The number of benzene rings is 2. The number of halogens is 1. The van der Waals surface area contributed by atoms with Gasteiger partial charge < -0.3 is 21.7 Å². The minimum Gasteiger partial charge on any atom is -1.00 e. The number of imidazole rings is 1. The fourth-order valence-electron chi connectivity index (χ4n) is 4.44. The van der Waals surface area contributed by atoms with Gasteiger partial charge in [-0.25, -0.2) is 9.13 Å². The lowest BCUT2D eigenvalue weighted by molar-refractivity contribution is -0.688. The molecule has 1 atom stereocenters. The number of hydrogen-bond acceptors (Lipinski definition) is 2. The lowest BCUT2D eigenvalue weighted by atomic mass is 10.0. The number of aryl methyl sites for hydroxylation is 1. The second-order valence-corrected chi connectivity index (χ2v) is 7.48. The Morgan fingerprint density at radius 3 is 2.82 bits per heavy atom. The summed E-state index contributed by atoms with van der Waals surface area (Å²) in [5.74, 6) is 2.30. The molecule has 5 rings (SSSR count).